The summed E-state index contributed by atoms with van der Waals surface area (Å²) in [5.41, 5.74) is 1.67. The molecule has 1 aliphatic rings. The number of aryl methyl sites for hydroxylation is 1. The van der Waals surface area contributed by atoms with Crippen molar-refractivity contribution in [1.82, 2.24) is 4.90 Å². The Morgan fingerprint density at radius 3 is 2.40 bits per heavy atom. The maximum atomic E-state index is 12.1. The number of hydrogen-bond donors (Lipinski definition) is 1. The SMILES string of the molecule is Cc1cc(NC(=O)C(=O)N2CCCCCC2)ccc1Br. The molecular formula is C15H19BrN2O2. The number of rotatable bonds is 1. The first kappa shape index (κ1) is 15.0. The number of carbonyl (C=O) groups is 2. The van der Waals surface area contributed by atoms with Gasteiger partial charge in [0.25, 0.3) is 0 Å². The van der Waals surface area contributed by atoms with Crippen molar-refractivity contribution in [1.29, 1.82) is 0 Å². The summed E-state index contributed by atoms with van der Waals surface area (Å²) in [6.07, 6.45) is 4.24. The van der Waals surface area contributed by atoms with Crippen molar-refractivity contribution in [2.24, 2.45) is 0 Å². The van der Waals surface area contributed by atoms with Gasteiger partial charge in [0.2, 0.25) is 0 Å². The van der Waals surface area contributed by atoms with E-state index in [1.807, 2.05) is 19.1 Å². The second-order valence-corrected chi connectivity index (χ2v) is 5.98. The molecule has 0 aliphatic carbocycles. The van der Waals surface area contributed by atoms with Crippen LogP contribution in [0.4, 0.5) is 5.69 Å². The summed E-state index contributed by atoms with van der Waals surface area (Å²) in [5, 5.41) is 2.68. The van der Waals surface area contributed by atoms with Gasteiger partial charge in [-0.15, -0.1) is 0 Å². The fraction of sp³-hybridized carbons (Fsp3) is 0.467. The first-order chi connectivity index (χ1) is 9.58. The van der Waals surface area contributed by atoms with Crippen LogP contribution in [0.5, 0.6) is 0 Å². The smallest absolute Gasteiger partial charge is 0.313 e. The molecule has 1 aliphatic heterocycles. The second kappa shape index (κ2) is 6.88. The van der Waals surface area contributed by atoms with E-state index in [0.29, 0.717) is 18.8 Å². The van der Waals surface area contributed by atoms with E-state index in [4.69, 9.17) is 0 Å². The minimum absolute atomic E-state index is 0.424. The topological polar surface area (TPSA) is 49.4 Å². The predicted octanol–water partition coefficient (Wildman–Crippen LogP) is 3.10. The molecule has 5 heteroatoms. The molecule has 108 valence electrons. The molecule has 1 heterocycles. The molecule has 0 aromatic heterocycles. The van der Waals surface area contributed by atoms with Crippen LogP contribution in [0, 0.1) is 6.92 Å². The van der Waals surface area contributed by atoms with Crippen LogP contribution in [0.2, 0.25) is 0 Å². The van der Waals surface area contributed by atoms with Gasteiger partial charge >= 0.3 is 11.8 Å². The average molecular weight is 339 g/mol. The number of likely N-dealkylation sites (tertiary alicyclic amines) is 1. The first-order valence-electron chi connectivity index (χ1n) is 6.94. The Kier molecular flexibility index (Phi) is 5.17. The molecule has 1 aromatic carbocycles. The molecule has 0 atom stereocenters. The molecule has 4 nitrogen and oxygen atoms in total. The Morgan fingerprint density at radius 1 is 1.15 bits per heavy atom. The molecule has 2 amide bonds. The van der Waals surface area contributed by atoms with Gasteiger partial charge in [-0.1, -0.05) is 28.8 Å². The average Bonchev–Trinajstić information content (AvgIpc) is 2.71. The number of nitrogens with zero attached hydrogens (tertiary/aromatic N) is 1. The molecule has 20 heavy (non-hydrogen) atoms. The summed E-state index contributed by atoms with van der Waals surface area (Å²) >= 11 is 3.41. The summed E-state index contributed by atoms with van der Waals surface area (Å²) < 4.78 is 0.981. The summed E-state index contributed by atoms with van der Waals surface area (Å²) in [4.78, 5) is 25.8. The quantitative estimate of drug-likeness (QED) is 0.800. The van der Waals surface area contributed by atoms with E-state index in [1.54, 1.807) is 11.0 Å². The molecule has 2 rings (SSSR count). The van der Waals surface area contributed by atoms with Gasteiger partial charge in [0.15, 0.2) is 0 Å². The van der Waals surface area contributed by atoms with Gasteiger partial charge in [0.05, 0.1) is 0 Å². The Bertz CT molecular complexity index is 509. The Morgan fingerprint density at radius 2 is 1.80 bits per heavy atom. The predicted molar refractivity (Wildman–Crippen MR) is 82.6 cm³/mol. The van der Waals surface area contributed by atoms with Crippen LogP contribution in [-0.4, -0.2) is 29.8 Å². The standard InChI is InChI=1S/C15H19BrN2O2/c1-11-10-12(6-7-13(11)16)17-14(19)15(20)18-8-4-2-3-5-9-18/h6-7,10H,2-5,8-9H2,1H3,(H,17,19). The Balaban J connectivity index is 1.99. The molecule has 1 fully saturated rings. The van der Waals surface area contributed by atoms with Crippen molar-refractivity contribution < 1.29 is 9.59 Å². The number of carbonyl (C=O) groups excluding carboxylic acids is 2. The molecule has 0 unspecified atom stereocenters. The van der Waals surface area contributed by atoms with E-state index in [0.717, 1.165) is 35.7 Å². The normalized spacial score (nSPS) is 15.6. The molecule has 1 saturated heterocycles. The summed E-state index contributed by atoms with van der Waals surface area (Å²) in [6.45, 7) is 3.31. The van der Waals surface area contributed by atoms with Crippen LogP contribution in [0.25, 0.3) is 0 Å². The number of nitrogens with one attached hydrogen (secondary N) is 1. The number of hydrogen-bond acceptors (Lipinski definition) is 2. The van der Waals surface area contributed by atoms with E-state index < -0.39 is 11.8 Å². The van der Waals surface area contributed by atoms with E-state index in [9.17, 15) is 9.59 Å². The third kappa shape index (κ3) is 3.82. The van der Waals surface area contributed by atoms with Crippen LogP contribution in [0.1, 0.15) is 31.2 Å². The van der Waals surface area contributed by atoms with Crippen molar-refractivity contribution in [2.75, 3.05) is 18.4 Å². The van der Waals surface area contributed by atoms with Crippen LogP contribution in [0.15, 0.2) is 22.7 Å². The highest BCUT2D eigenvalue weighted by Gasteiger charge is 2.22. The summed E-state index contributed by atoms with van der Waals surface area (Å²) in [7, 11) is 0. The molecule has 0 bridgehead atoms. The fourth-order valence-corrected chi connectivity index (χ4v) is 2.57. The Hall–Kier alpha value is -1.36. The highest BCUT2D eigenvalue weighted by Crippen LogP contribution is 2.20. The van der Waals surface area contributed by atoms with Gasteiger partial charge < -0.3 is 10.2 Å². The lowest BCUT2D eigenvalue weighted by molar-refractivity contribution is -0.143. The van der Waals surface area contributed by atoms with Crippen LogP contribution >= 0.6 is 15.9 Å². The third-order valence-corrected chi connectivity index (χ3v) is 4.39. The number of amides is 2. The van der Waals surface area contributed by atoms with Gasteiger partial charge in [-0.3, -0.25) is 9.59 Å². The number of halogens is 1. The zero-order chi connectivity index (χ0) is 14.5. The molecule has 0 radical (unpaired) electrons. The third-order valence-electron chi connectivity index (χ3n) is 3.50. The minimum Gasteiger partial charge on any atom is -0.334 e. The van der Waals surface area contributed by atoms with E-state index >= 15 is 0 Å². The largest absolute Gasteiger partial charge is 0.334 e. The molecule has 1 aromatic rings. The number of anilines is 1. The molecule has 0 spiro atoms. The highest BCUT2D eigenvalue weighted by molar-refractivity contribution is 9.10. The van der Waals surface area contributed by atoms with Gasteiger partial charge in [0.1, 0.15) is 0 Å². The molecular weight excluding hydrogens is 320 g/mol. The maximum Gasteiger partial charge on any atom is 0.313 e. The summed E-state index contributed by atoms with van der Waals surface area (Å²) in [6, 6.07) is 5.49. The Labute approximate surface area is 127 Å². The van der Waals surface area contributed by atoms with Crippen LogP contribution < -0.4 is 5.32 Å². The van der Waals surface area contributed by atoms with Crippen molar-refractivity contribution in [3.63, 3.8) is 0 Å². The van der Waals surface area contributed by atoms with E-state index in [1.165, 1.54) is 0 Å². The maximum absolute atomic E-state index is 12.1. The van der Waals surface area contributed by atoms with Gasteiger partial charge in [-0.25, -0.2) is 0 Å². The lowest BCUT2D eigenvalue weighted by atomic mass is 10.2. The zero-order valence-corrected chi connectivity index (χ0v) is 13.2. The monoisotopic (exact) mass is 338 g/mol. The van der Waals surface area contributed by atoms with Crippen molar-refractivity contribution in [3.05, 3.63) is 28.2 Å². The fourth-order valence-electron chi connectivity index (χ4n) is 2.32. The van der Waals surface area contributed by atoms with E-state index in [-0.39, 0.29) is 0 Å². The van der Waals surface area contributed by atoms with Crippen molar-refractivity contribution in [3.8, 4) is 0 Å². The van der Waals surface area contributed by atoms with Crippen molar-refractivity contribution in [2.45, 2.75) is 32.6 Å². The van der Waals surface area contributed by atoms with Crippen molar-refractivity contribution >= 4 is 33.4 Å². The zero-order valence-electron chi connectivity index (χ0n) is 11.6. The van der Waals surface area contributed by atoms with Gasteiger partial charge in [-0.05, 0) is 43.5 Å². The van der Waals surface area contributed by atoms with Gasteiger partial charge in [0, 0.05) is 23.2 Å². The molecule has 1 N–H and O–H groups in total. The van der Waals surface area contributed by atoms with Gasteiger partial charge in [-0.2, -0.15) is 0 Å². The minimum atomic E-state index is -0.548. The second-order valence-electron chi connectivity index (χ2n) is 5.12. The lowest BCUT2D eigenvalue weighted by Crippen LogP contribution is -2.40. The lowest BCUT2D eigenvalue weighted by Gasteiger charge is -2.19. The van der Waals surface area contributed by atoms with Crippen LogP contribution in [0.3, 0.4) is 0 Å². The summed E-state index contributed by atoms with van der Waals surface area (Å²) in [5.74, 6) is -0.971. The first-order valence-corrected chi connectivity index (χ1v) is 7.73. The van der Waals surface area contributed by atoms with Crippen LogP contribution in [-0.2, 0) is 9.59 Å². The number of benzene rings is 1. The van der Waals surface area contributed by atoms with E-state index in [2.05, 4.69) is 21.2 Å². The molecule has 0 saturated carbocycles. The highest BCUT2D eigenvalue weighted by atomic mass is 79.9.